The molecule has 0 spiro atoms. The number of amides is 3. The van der Waals surface area contributed by atoms with E-state index in [0.717, 1.165) is 5.56 Å². The Morgan fingerprint density at radius 2 is 1.57 bits per heavy atom. The Bertz CT molecular complexity index is 875. The van der Waals surface area contributed by atoms with Gasteiger partial charge in [0.25, 0.3) is 5.91 Å². The highest BCUT2D eigenvalue weighted by atomic mass is 19.1. The fourth-order valence-corrected chi connectivity index (χ4v) is 2.39. The molecule has 0 fully saturated rings. The van der Waals surface area contributed by atoms with E-state index in [2.05, 4.69) is 16.0 Å². The molecule has 0 saturated heterocycles. The molecule has 2 rings (SSSR count). The van der Waals surface area contributed by atoms with Crippen molar-refractivity contribution in [2.24, 2.45) is 0 Å². The molecule has 3 amide bonds. The van der Waals surface area contributed by atoms with Gasteiger partial charge in [0.15, 0.2) is 0 Å². The lowest BCUT2D eigenvalue weighted by Gasteiger charge is -2.19. The molecule has 0 aromatic heterocycles. The minimum atomic E-state index is -0.586. The van der Waals surface area contributed by atoms with Crippen LogP contribution in [0.5, 0.6) is 0 Å². The number of ether oxygens (including phenoxy) is 1. The summed E-state index contributed by atoms with van der Waals surface area (Å²) >= 11 is 0. The van der Waals surface area contributed by atoms with Crippen molar-refractivity contribution in [1.82, 2.24) is 10.6 Å². The lowest BCUT2D eigenvalue weighted by Crippen LogP contribution is -2.35. The quantitative estimate of drug-likeness (QED) is 0.644. The Balaban J connectivity index is 1.72. The Morgan fingerprint density at radius 3 is 2.17 bits per heavy atom. The lowest BCUT2D eigenvalue weighted by molar-refractivity contribution is -0.121. The molecule has 2 aromatic rings. The van der Waals surface area contributed by atoms with E-state index >= 15 is 0 Å². The number of rotatable bonds is 7. The molecule has 2 aromatic carbocycles. The van der Waals surface area contributed by atoms with Crippen LogP contribution in [0, 0.1) is 5.82 Å². The maximum Gasteiger partial charge on any atom is 0.407 e. The first-order valence-electron chi connectivity index (χ1n) is 9.52. The fraction of sp³-hybridized carbons (Fsp3) is 0.318. The van der Waals surface area contributed by atoms with Crippen molar-refractivity contribution in [3.05, 3.63) is 65.5 Å². The number of carbonyl (C=O) groups excluding carboxylic acids is 3. The summed E-state index contributed by atoms with van der Waals surface area (Å²) in [6.45, 7) is 5.78. The number of halogens is 1. The normalized spacial score (nSPS) is 10.8. The molecule has 30 heavy (non-hydrogen) atoms. The van der Waals surface area contributed by atoms with Gasteiger partial charge in [0.05, 0.1) is 0 Å². The van der Waals surface area contributed by atoms with Crippen LogP contribution >= 0.6 is 0 Å². The van der Waals surface area contributed by atoms with E-state index in [1.54, 1.807) is 45.0 Å². The van der Waals surface area contributed by atoms with Gasteiger partial charge in [0.1, 0.15) is 11.4 Å². The summed E-state index contributed by atoms with van der Waals surface area (Å²) in [6, 6.07) is 12.3. The first-order chi connectivity index (χ1) is 14.1. The van der Waals surface area contributed by atoms with Gasteiger partial charge >= 0.3 is 6.09 Å². The van der Waals surface area contributed by atoms with Crippen molar-refractivity contribution < 1.29 is 23.5 Å². The molecule has 0 atom stereocenters. The van der Waals surface area contributed by atoms with Gasteiger partial charge in [0, 0.05) is 30.8 Å². The van der Waals surface area contributed by atoms with Crippen LogP contribution in [0.15, 0.2) is 48.5 Å². The van der Waals surface area contributed by atoms with E-state index in [0.29, 0.717) is 17.8 Å². The lowest BCUT2D eigenvalue weighted by atomic mass is 10.1. The number of benzene rings is 2. The van der Waals surface area contributed by atoms with Crippen LogP contribution in [-0.2, 0) is 16.1 Å². The van der Waals surface area contributed by atoms with Gasteiger partial charge in [-0.05, 0) is 62.7 Å². The van der Waals surface area contributed by atoms with Crippen molar-refractivity contribution in [1.29, 1.82) is 0 Å². The van der Waals surface area contributed by atoms with Crippen LogP contribution in [0.1, 0.15) is 43.1 Å². The van der Waals surface area contributed by atoms with Crippen LogP contribution < -0.4 is 16.0 Å². The van der Waals surface area contributed by atoms with Gasteiger partial charge < -0.3 is 20.7 Å². The molecule has 0 heterocycles. The molecule has 0 unspecified atom stereocenters. The van der Waals surface area contributed by atoms with Gasteiger partial charge in [-0.3, -0.25) is 9.59 Å². The average molecular weight is 415 g/mol. The van der Waals surface area contributed by atoms with Crippen molar-refractivity contribution in [2.45, 2.75) is 39.3 Å². The molecule has 0 aliphatic heterocycles. The Kier molecular flexibility index (Phi) is 7.91. The average Bonchev–Trinajstić information content (AvgIpc) is 2.66. The van der Waals surface area contributed by atoms with Crippen molar-refractivity contribution in [3.8, 4) is 0 Å². The SMILES string of the molecule is CC(C)(C)OC(=O)NCCC(=O)NCc1ccc(NC(=O)c2ccc(F)cc2)cc1. The number of hydrogen-bond donors (Lipinski definition) is 3. The fourth-order valence-electron chi connectivity index (χ4n) is 2.39. The summed E-state index contributed by atoms with van der Waals surface area (Å²) in [6.07, 6.45) is -0.431. The molecule has 0 bridgehead atoms. The predicted molar refractivity (Wildman–Crippen MR) is 111 cm³/mol. The summed E-state index contributed by atoms with van der Waals surface area (Å²) < 4.78 is 18.0. The summed E-state index contributed by atoms with van der Waals surface area (Å²) in [4.78, 5) is 35.5. The number of hydrogen-bond acceptors (Lipinski definition) is 4. The van der Waals surface area contributed by atoms with Crippen LogP contribution in [-0.4, -0.2) is 30.1 Å². The highest BCUT2D eigenvalue weighted by Gasteiger charge is 2.15. The summed E-state index contributed by atoms with van der Waals surface area (Å²) in [5, 5.41) is 8.01. The first-order valence-corrected chi connectivity index (χ1v) is 9.52. The van der Waals surface area contributed by atoms with Crippen molar-refractivity contribution in [3.63, 3.8) is 0 Å². The molecule has 0 radical (unpaired) electrons. The molecular weight excluding hydrogens is 389 g/mol. The van der Waals surface area contributed by atoms with Crippen molar-refractivity contribution in [2.75, 3.05) is 11.9 Å². The minimum absolute atomic E-state index is 0.130. The second-order valence-electron chi connectivity index (χ2n) is 7.61. The number of carbonyl (C=O) groups is 3. The Hall–Kier alpha value is -3.42. The maximum atomic E-state index is 12.9. The van der Waals surface area contributed by atoms with Crippen LogP contribution in [0.25, 0.3) is 0 Å². The third-order valence-electron chi connectivity index (χ3n) is 3.83. The second-order valence-corrected chi connectivity index (χ2v) is 7.61. The monoisotopic (exact) mass is 415 g/mol. The van der Waals surface area contributed by atoms with E-state index in [9.17, 15) is 18.8 Å². The van der Waals surface area contributed by atoms with Gasteiger partial charge in [-0.1, -0.05) is 12.1 Å². The smallest absolute Gasteiger partial charge is 0.407 e. The Morgan fingerprint density at radius 1 is 0.933 bits per heavy atom. The standard InChI is InChI=1S/C22H26FN3O4/c1-22(2,3)30-21(29)24-13-12-19(27)25-14-15-4-10-18(11-5-15)26-20(28)16-6-8-17(23)9-7-16/h4-11H,12-14H2,1-3H3,(H,24,29)(H,25,27)(H,26,28). The third-order valence-corrected chi connectivity index (χ3v) is 3.83. The summed E-state index contributed by atoms with van der Waals surface area (Å²) in [5.41, 5.74) is 1.20. The minimum Gasteiger partial charge on any atom is -0.444 e. The van der Waals surface area contributed by atoms with Crippen LogP contribution in [0.3, 0.4) is 0 Å². The molecule has 0 saturated carbocycles. The number of nitrogens with one attached hydrogen (secondary N) is 3. The van der Waals surface area contributed by atoms with Crippen LogP contribution in [0.2, 0.25) is 0 Å². The number of alkyl carbamates (subject to hydrolysis) is 1. The van der Waals surface area contributed by atoms with Gasteiger partial charge in [0.2, 0.25) is 5.91 Å². The molecule has 160 valence electrons. The van der Waals surface area contributed by atoms with Gasteiger partial charge in [-0.2, -0.15) is 0 Å². The zero-order valence-corrected chi connectivity index (χ0v) is 17.3. The molecule has 0 aliphatic carbocycles. The van der Waals surface area contributed by atoms with E-state index in [1.807, 2.05) is 0 Å². The third kappa shape index (κ3) is 8.30. The van der Waals surface area contributed by atoms with E-state index < -0.39 is 17.5 Å². The highest BCUT2D eigenvalue weighted by molar-refractivity contribution is 6.04. The largest absolute Gasteiger partial charge is 0.444 e. The molecule has 8 heteroatoms. The molecular formula is C22H26FN3O4. The maximum absolute atomic E-state index is 12.9. The van der Waals surface area contributed by atoms with Crippen LogP contribution in [0.4, 0.5) is 14.9 Å². The van der Waals surface area contributed by atoms with E-state index in [-0.39, 0.29) is 24.8 Å². The molecule has 7 nitrogen and oxygen atoms in total. The number of anilines is 1. The first kappa shape index (κ1) is 22.9. The van der Waals surface area contributed by atoms with E-state index in [4.69, 9.17) is 4.74 Å². The zero-order valence-electron chi connectivity index (χ0n) is 17.3. The summed E-state index contributed by atoms with van der Waals surface area (Å²) in [7, 11) is 0. The predicted octanol–water partition coefficient (Wildman–Crippen LogP) is 3.61. The zero-order chi connectivity index (χ0) is 22.1. The highest BCUT2D eigenvalue weighted by Crippen LogP contribution is 2.12. The van der Waals surface area contributed by atoms with Gasteiger partial charge in [-0.15, -0.1) is 0 Å². The second kappa shape index (κ2) is 10.4. The Labute approximate surface area is 175 Å². The molecule has 0 aliphatic rings. The molecule has 3 N–H and O–H groups in total. The van der Waals surface area contributed by atoms with Gasteiger partial charge in [-0.25, -0.2) is 9.18 Å². The van der Waals surface area contributed by atoms with E-state index in [1.165, 1.54) is 24.3 Å². The topological polar surface area (TPSA) is 96.5 Å². The summed E-state index contributed by atoms with van der Waals surface area (Å²) in [5.74, 6) is -0.952. The van der Waals surface area contributed by atoms with Crippen molar-refractivity contribution >= 4 is 23.6 Å².